The molecule has 3 aromatic rings. The number of nitrogens with zero attached hydrogens (tertiary/aromatic N) is 3. The summed E-state index contributed by atoms with van der Waals surface area (Å²) in [4.78, 5) is 6.91. The van der Waals surface area contributed by atoms with Crippen molar-refractivity contribution in [2.45, 2.75) is 26.8 Å². The van der Waals surface area contributed by atoms with Crippen LogP contribution in [0, 0.1) is 0 Å². The first kappa shape index (κ1) is 17.8. The lowest BCUT2D eigenvalue weighted by atomic mass is 10.1. The molecular formula is C20H25ClN4. The third kappa shape index (κ3) is 3.80. The number of rotatable bonds is 7. The summed E-state index contributed by atoms with van der Waals surface area (Å²) in [5.41, 5.74) is 10.2. The van der Waals surface area contributed by atoms with Crippen molar-refractivity contribution in [1.82, 2.24) is 14.5 Å². The van der Waals surface area contributed by atoms with Crippen molar-refractivity contribution in [1.29, 1.82) is 0 Å². The van der Waals surface area contributed by atoms with E-state index in [0.29, 0.717) is 11.0 Å². The molecule has 0 amide bonds. The molecule has 0 aliphatic carbocycles. The van der Waals surface area contributed by atoms with Crippen molar-refractivity contribution in [2.75, 3.05) is 25.4 Å². The highest BCUT2D eigenvalue weighted by atomic mass is 35.5. The number of aromatic nitrogens is 2. The number of anilines is 1. The Morgan fingerprint density at radius 2 is 1.84 bits per heavy atom. The highest BCUT2D eigenvalue weighted by molar-refractivity contribution is 6.34. The van der Waals surface area contributed by atoms with Crippen LogP contribution in [0.5, 0.6) is 0 Å². The molecule has 2 N–H and O–H groups in total. The van der Waals surface area contributed by atoms with Gasteiger partial charge in [0.1, 0.15) is 0 Å². The van der Waals surface area contributed by atoms with Crippen molar-refractivity contribution < 1.29 is 0 Å². The second kappa shape index (κ2) is 7.89. The second-order valence-electron chi connectivity index (χ2n) is 6.19. The predicted molar refractivity (Wildman–Crippen MR) is 107 cm³/mol. The largest absolute Gasteiger partial charge is 0.369 e. The minimum absolute atomic E-state index is 0.552. The fourth-order valence-electron chi connectivity index (χ4n) is 3.23. The number of benzene rings is 2. The fourth-order valence-corrected chi connectivity index (χ4v) is 3.50. The van der Waals surface area contributed by atoms with Crippen LogP contribution in [-0.4, -0.2) is 34.1 Å². The van der Waals surface area contributed by atoms with Crippen LogP contribution in [0.15, 0.2) is 42.5 Å². The summed E-state index contributed by atoms with van der Waals surface area (Å²) in [5.74, 6) is 0.552. The molecule has 0 radical (unpaired) electrons. The molecule has 1 heterocycles. The van der Waals surface area contributed by atoms with Crippen molar-refractivity contribution in [2.24, 2.45) is 0 Å². The molecule has 1 aromatic heterocycles. The van der Waals surface area contributed by atoms with E-state index in [2.05, 4.69) is 46.5 Å². The van der Waals surface area contributed by atoms with E-state index in [1.165, 1.54) is 0 Å². The number of hydrogen-bond donors (Lipinski definition) is 1. The number of halogens is 1. The van der Waals surface area contributed by atoms with E-state index in [0.717, 1.165) is 54.8 Å². The molecular weight excluding hydrogens is 332 g/mol. The monoisotopic (exact) mass is 356 g/mol. The topological polar surface area (TPSA) is 47.1 Å². The minimum atomic E-state index is 0.552. The van der Waals surface area contributed by atoms with Crippen LogP contribution < -0.4 is 5.73 Å². The molecule has 132 valence electrons. The maximum atomic E-state index is 6.49. The molecule has 0 bridgehead atoms. The zero-order valence-corrected chi connectivity index (χ0v) is 15.6. The molecule has 0 aliphatic heterocycles. The van der Waals surface area contributed by atoms with E-state index < -0.39 is 0 Å². The molecule has 0 fully saturated rings. The first-order valence-electron chi connectivity index (χ1n) is 8.87. The van der Waals surface area contributed by atoms with Gasteiger partial charge in [0.2, 0.25) is 5.95 Å². The first-order chi connectivity index (χ1) is 12.1. The molecule has 0 atom stereocenters. The predicted octanol–water partition coefficient (Wildman–Crippen LogP) is 4.67. The second-order valence-corrected chi connectivity index (χ2v) is 6.60. The van der Waals surface area contributed by atoms with E-state index >= 15 is 0 Å². The molecule has 0 saturated carbocycles. The van der Waals surface area contributed by atoms with Crippen LogP contribution in [-0.2, 0) is 6.54 Å². The Labute approximate surface area is 154 Å². The fraction of sp³-hybridized carbons (Fsp3) is 0.350. The Balaban J connectivity index is 1.92. The number of nitrogen functional groups attached to an aromatic ring is 1. The van der Waals surface area contributed by atoms with E-state index in [9.17, 15) is 0 Å². The smallest absolute Gasteiger partial charge is 0.201 e. The SMILES string of the molecule is CCN(CC)CCCn1c(N)nc2cc(Cl)c(-c3ccccc3)cc21. The van der Waals surface area contributed by atoms with Gasteiger partial charge in [0, 0.05) is 12.1 Å². The van der Waals surface area contributed by atoms with Crippen molar-refractivity contribution in [3.63, 3.8) is 0 Å². The number of aryl methyl sites for hydroxylation is 1. The summed E-state index contributed by atoms with van der Waals surface area (Å²) < 4.78 is 2.10. The van der Waals surface area contributed by atoms with Crippen LogP contribution in [0.25, 0.3) is 22.2 Å². The van der Waals surface area contributed by atoms with Crippen molar-refractivity contribution in [3.8, 4) is 11.1 Å². The van der Waals surface area contributed by atoms with Crippen LogP contribution in [0.3, 0.4) is 0 Å². The van der Waals surface area contributed by atoms with E-state index in [1.807, 2.05) is 24.3 Å². The number of imidazole rings is 1. The summed E-state index contributed by atoms with van der Waals surface area (Å²) >= 11 is 6.49. The lowest BCUT2D eigenvalue weighted by molar-refractivity contribution is 0.294. The van der Waals surface area contributed by atoms with Crippen molar-refractivity contribution >= 4 is 28.6 Å². The number of fused-ring (bicyclic) bond motifs is 1. The van der Waals surface area contributed by atoms with E-state index in [-0.39, 0.29) is 0 Å². The molecule has 0 unspecified atom stereocenters. The van der Waals surface area contributed by atoms with Crippen molar-refractivity contribution in [3.05, 3.63) is 47.5 Å². The average Bonchev–Trinajstić information content (AvgIpc) is 2.93. The molecule has 0 aliphatic rings. The Morgan fingerprint density at radius 3 is 2.52 bits per heavy atom. The zero-order valence-electron chi connectivity index (χ0n) is 14.9. The third-order valence-electron chi connectivity index (χ3n) is 4.70. The molecule has 3 rings (SSSR count). The lowest BCUT2D eigenvalue weighted by Gasteiger charge is -2.18. The molecule has 0 spiro atoms. The van der Waals surface area contributed by atoms with Gasteiger partial charge < -0.3 is 15.2 Å². The van der Waals surface area contributed by atoms with Crippen LogP contribution in [0.1, 0.15) is 20.3 Å². The first-order valence-corrected chi connectivity index (χ1v) is 9.24. The van der Waals surface area contributed by atoms with Gasteiger partial charge in [-0.2, -0.15) is 0 Å². The maximum Gasteiger partial charge on any atom is 0.201 e. The highest BCUT2D eigenvalue weighted by Crippen LogP contribution is 2.33. The minimum Gasteiger partial charge on any atom is -0.369 e. The summed E-state index contributed by atoms with van der Waals surface area (Å²) in [5, 5.41) is 0.700. The normalized spacial score (nSPS) is 11.5. The standard InChI is InChI=1S/C20H25ClN4/c1-3-24(4-2)11-8-12-25-19-13-16(15-9-6-5-7-10-15)17(21)14-18(19)23-20(25)22/h5-7,9-10,13-14H,3-4,8,11-12H2,1-2H3,(H2,22,23). The average molecular weight is 357 g/mol. The molecule has 2 aromatic carbocycles. The van der Waals surface area contributed by atoms with Gasteiger partial charge in [0.25, 0.3) is 0 Å². The Bertz CT molecular complexity index is 838. The van der Waals surface area contributed by atoms with Crippen LogP contribution in [0.4, 0.5) is 5.95 Å². The maximum absolute atomic E-state index is 6.49. The summed E-state index contributed by atoms with van der Waals surface area (Å²) in [6.45, 7) is 8.45. The highest BCUT2D eigenvalue weighted by Gasteiger charge is 2.13. The summed E-state index contributed by atoms with van der Waals surface area (Å²) in [6.07, 6.45) is 1.04. The van der Waals surface area contributed by atoms with Gasteiger partial charge in [-0.3, -0.25) is 0 Å². The molecule has 0 saturated heterocycles. The van der Waals surface area contributed by atoms with Gasteiger partial charge >= 0.3 is 0 Å². The molecule has 5 heteroatoms. The van der Waals surface area contributed by atoms with Crippen LogP contribution in [0.2, 0.25) is 5.02 Å². The summed E-state index contributed by atoms with van der Waals surface area (Å²) in [6, 6.07) is 14.2. The van der Waals surface area contributed by atoms with Crippen LogP contribution >= 0.6 is 11.6 Å². The quantitative estimate of drug-likeness (QED) is 0.669. The van der Waals surface area contributed by atoms with Gasteiger partial charge in [0.15, 0.2) is 0 Å². The zero-order chi connectivity index (χ0) is 17.8. The lowest BCUT2D eigenvalue weighted by Crippen LogP contribution is -2.25. The van der Waals surface area contributed by atoms with Gasteiger partial charge in [-0.25, -0.2) is 4.98 Å². The Hall–Kier alpha value is -2.04. The van der Waals surface area contributed by atoms with Gasteiger partial charge in [0.05, 0.1) is 16.1 Å². The Morgan fingerprint density at radius 1 is 1.12 bits per heavy atom. The van der Waals surface area contributed by atoms with Gasteiger partial charge in [-0.1, -0.05) is 55.8 Å². The summed E-state index contributed by atoms with van der Waals surface area (Å²) in [7, 11) is 0. The molecule has 4 nitrogen and oxygen atoms in total. The number of nitrogens with two attached hydrogens (primary N) is 1. The van der Waals surface area contributed by atoms with E-state index in [1.54, 1.807) is 0 Å². The Kier molecular flexibility index (Phi) is 5.61. The molecule has 25 heavy (non-hydrogen) atoms. The third-order valence-corrected chi connectivity index (χ3v) is 5.01. The van der Waals surface area contributed by atoms with E-state index in [4.69, 9.17) is 17.3 Å². The van der Waals surface area contributed by atoms with Gasteiger partial charge in [-0.15, -0.1) is 0 Å². The van der Waals surface area contributed by atoms with Gasteiger partial charge in [-0.05, 0) is 43.8 Å². The number of hydrogen-bond acceptors (Lipinski definition) is 3.